The molecule has 0 amide bonds. The molecule has 0 radical (unpaired) electrons. The topological polar surface area (TPSA) is 15.3 Å². The Morgan fingerprint density at radius 2 is 2.16 bits per heavy atom. The summed E-state index contributed by atoms with van der Waals surface area (Å²) >= 11 is 3.74. The van der Waals surface area contributed by atoms with Gasteiger partial charge in [0.15, 0.2) is 0 Å². The lowest BCUT2D eigenvalue weighted by Gasteiger charge is -2.42. The van der Waals surface area contributed by atoms with E-state index in [9.17, 15) is 0 Å². The van der Waals surface area contributed by atoms with Crippen molar-refractivity contribution < 1.29 is 0 Å². The molecule has 1 aliphatic heterocycles. The van der Waals surface area contributed by atoms with Crippen molar-refractivity contribution in [3.63, 3.8) is 0 Å². The summed E-state index contributed by atoms with van der Waals surface area (Å²) in [6, 6.07) is 7.92. The predicted molar refractivity (Wildman–Crippen MR) is 87.0 cm³/mol. The second kappa shape index (κ2) is 6.76. The number of anilines is 1. The smallest absolute Gasteiger partial charge is 0.0514 e. The molecule has 1 fully saturated rings. The molecule has 0 saturated carbocycles. The monoisotopic (exact) mass is 324 g/mol. The van der Waals surface area contributed by atoms with E-state index >= 15 is 0 Å². The molecule has 3 heteroatoms. The van der Waals surface area contributed by atoms with E-state index in [1.54, 1.807) is 0 Å². The van der Waals surface area contributed by atoms with Gasteiger partial charge in [-0.3, -0.25) is 0 Å². The number of hydrogen-bond acceptors (Lipinski definition) is 2. The summed E-state index contributed by atoms with van der Waals surface area (Å²) in [5, 5.41) is 3.69. The molecule has 2 atom stereocenters. The lowest BCUT2D eigenvalue weighted by Crippen LogP contribution is -2.56. The zero-order valence-electron chi connectivity index (χ0n) is 12.2. The van der Waals surface area contributed by atoms with Crippen molar-refractivity contribution in [3.8, 4) is 0 Å². The quantitative estimate of drug-likeness (QED) is 0.896. The lowest BCUT2D eigenvalue weighted by atomic mass is 10.0. The number of nitrogens with zero attached hydrogens (tertiary/aromatic N) is 1. The third-order valence-corrected chi connectivity index (χ3v) is 4.66. The molecule has 1 aromatic carbocycles. The second-order valence-electron chi connectivity index (χ2n) is 5.56. The fourth-order valence-electron chi connectivity index (χ4n) is 2.91. The Balaban J connectivity index is 2.22. The number of hydrogen-bond donors (Lipinski definition) is 1. The number of benzene rings is 1. The average Bonchev–Trinajstić information content (AvgIpc) is 2.39. The molecule has 2 nitrogen and oxygen atoms in total. The number of aryl methyl sites for hydroxylation is 1. The van der Waals surface area contributed by atoms with E-state index in [2.05, 4.69) is 65.1 Å². The van der Waals surface area contributed by atoms with E-state index in [4.69, 9.17) is 0 Å². The maximum absolute atomic E-state index is 3.74. The van der Waals surface area contributed by atoms with Gasteiger partial charge < -0.3 is 10.2 Å². The molecule has 0 aromatic heterocycles. The summed E-state index contributed by atoms with van der Waals surface area (Å²) in [6.07, 6.45) is 3.69. The van der Waals surface area contributed by atoms with Gasteiger partial charge >= 0.3 is 0 Å². The van der Waals surface area contributed by atoms with Gasteiger partial charge in [0.2, 0.25) is 0 Å². The van der Waals surface area contributed by atoms with Crippen LogP contribution in [0.3, 0.4) is 0 Å². The van der Waals surface area contributed by atoms with Crippen LogP contribution in [0.1, 0.15) is 38.7 Å². The minimum Gasteiger partial charge on any atom is -0.365 e. The molecule has 1 saturated heterocycles. The van der Waals surface area contributed by atoms with Gasteiger partial charge in [0.05, 0.1) is 5.69 Å². The molecule has 0 spiro atoms. The second-order valence-corrected chi connectivity index (χ2v) is 6.42. The molecule has 19 heavy (non-hydrogen) atoms. The third-order valence-electron chi connectivity index (χ3n) is 4.02. The summed E-state index contributed by atoms with van der Waals surface area (Å²) in [4.78, 5) is 2.58. The highest BCUT2D eigenvalue weighted by atomic mass is 79.9. The first-order valence-electron chi connectivity index (χ1n) is 7.41. The Kier molecular flexibility index (Phi) is 5.28. The summed E-state index contributed by atoms with van der Waals surface area (Å²) in [5.41, 5.74) is 2.66. The Bertz CT molecular complexity index is 419. The number of rotatable bonds is 4. The van der Waals surface area contributed by atoms with Crippen LogP contribution in [0.25, 0.3) is 0 Å². The third kappa shape index (κ3) is 3.51. The molecule has 2 unspecified atom stereocenters. The number of nitrogens with one attached hydrogen (secondary N) is 1. The van der Waals surface area contributed by atoms with Gasteiger partial charge in [0, 0.05) is 29.6 Å². The Morgan fingerprint density at radius 1 is 1.37 bits per heavy atom. The standard InChI is InChI=1S/C16H25BrN2/c1-4-6-13-11-19(14(5-2)10-18-13)16-8-7-12(3)9-15(16)17/h7-9,13-14,18H,4-6,10-11H2,1-3H3. The highest BCUT2D eigenvalue weighted by Gasteiger charge is 2.27. The maximum Gasteiger partial charge on any atom is 0.0514 e. The van der Waals surface area contributed by atoms with Crippen LogP contribution in [0.4, 0.5) is 5.69 Å². The molecule has 1 aromatic rings. The van der Waals surface area contributed by atoms with E-state index in [0.29, 0.717) is 12.1 Å². The highest BCUT2D eigenvalue weighted by molar-refractivity contribution is 9.10. The van der Waals surface area contributed by atoms with Crippen LogP contribution in [-0.4, -0.2) is 25.2 Å². The first-order valence-corrected chi connectivity index (χ1v) is 8.21. The minimum absolute atomic E-state index is 0.604. The van der Waals surface area contributed by atoms with Crippen molar-refractivity contribution in [2.45, 2.75) is 52.1 Å². The number of halogens is 1. The molecule has 2 rings (SSSR count). The highest BCUT2D eigenvalue weighted by Crippen LogP contribution is 2.31. The summed E-state index contributed by atoms with van der Waals surface area (Å²) < 4.78 is 1.23. The Morgan fingerprint density at radius 3 is 2.79 bits per heavy atom. The van der Waals surface area contributed by atoms with Crippen molar-refractivity contribution in [2.24, 2.45) is 0 Å². The van der Waals surface area contributed by atoms with Crippen LogP contribution in [0.2, 0.25) is 0 Å². The molecule has 1 aliphatic rings. The van der Waals surface area contributed by atoms with Gasteiger partial charge in [-0.25, -0.2) is 0 Å². The molecule has 106 valence electrons. The van der Waals surface area contributed by atoms with Gasteiger partial charge in [-0.1, -0.05) is 26.3 Å². The summed E-state index contributed by atoms with van der Waals surface area (Å²) in [6.45, 7) is 8.90. The molecule has 0 bridgehead atoms. The van der Waals surface area contributed by atoms with Crippen LogP contribution >= 0.6 is 15.9 Å². The van der Waals surface area contributed by atoms with Crippen LogP contribution in [-0.2, 0) is 0 Å². The first kappa shape index (κ1) is 14.9. The zero-order chi connectivity index (χ0) is 13.8. The van der Waals surface area contributed by atoms with Crippen molar-refractivity contribution >= 4 is 21.6 Å². The van der Waals surface area contributed by atoms with Crippen molar-refractivity contribution in [1.29, 1.82) is 0 Å². The van der Waals surface area contributed by atoms with Crippen molar-refractivity contribution in [1.82, 2.24) is 5.32 Å². The fraction of sp³-hybridized carbons (Fsp3) is 0.625. The normalized spacial score (nSPS) is 23.7. The summed E-state index contributed by atoms with van der Waals surface area (Å²) in [7, 11) is 0. The SMILES string of the molecule is CCCC1CN(c2ccc(C)cc2Br)C(CC)CN1. The summed E-state index contributed by atoms with van der Waals surface area (Å²) in [5.74, 6) is 0. The number of piperazine rings is 1. The molecular formula is C16H25BrN2. The predicted octanol–water partition coefficient (Wildman–Crippen LogP) is 4.11. The first-order chi connectivity index (χ1) is 9.15. The maximum atomic E-state index is 3.74. The van der Waals surface area contributed by atoms with Gasteiger partial charge in [-0.2, -0.15) is 0 Å². The lowest BCUT2D eigenvalue weighted by molar-refractivity contribution is 0.369. The van der Waals surface area contributed by atoms with E-state index in [0.717, 1.165) is 13.1 Å². The molecular weight excluding hydrogens is 300 g/mol. The van der Waals surface area contributed by atoms with Gasteiger partial charge in [0.1, 0.15) is 0 Å². The van der Waals surface area contributed by atoms with E-state index in [1.165, 1.54) is 35.0 Å². The molecule has 1 N–H and O–H groups in total. The van der Waals surface area contributed by atoms with Crippen LogP contribution in [0.5, 0.6) is 0 Å². The molecule has 0 aliphatic carbocycles. The van der Waals surface area contributed by atoms with E-state index < -0.39 is 0 Å². The average molecular weight is 325 g/mol. The van der Waals surface area contributed by atoms with Crippen LogP contribution < -0.4 is 10.2 Å². The minimum atomic E-state index is 0.604. The van der Waals surface area contributed by atoms with Gasteiger partial charge in [-0.15, -0.1) is 0 Å². The largest absolute Gasteiger partial charge is 0.365 e. The Labute approximate surface area is 125 Å². The van der Waals surface area contributed by atoms with Gasteiger partial charge in [0.25, 0.3) is 0 Å². The van der Waals surface area contributed by atoms with Crippen molar-refractivity contribution in [2.75, 3.05) is 18.0 Å². The van der Waals surface area contributed by atoms with Crippen LogP contribution in [0.15, 0.2) is 22.7 Å². The fourth-order valence-corrected chi connectivity index (χ4v) is 3.63. The van der Waals surface area contributed by atoms with Gasteiger partial charge in [-0.05, 0) is 53.4 Å². The Hall–Kier alpha value is -0.540. The van der Waals surface area contributed by atoms with E-state index in [-0.39, 0.29) is 0 Å². The zero-order valence-corrected chi connectivity index (χ0v) is 13.8. The molecule has 1 heterocycles. The van der Waals surface area contributed by atoms with E-state index in [1.807, 2.05) is 0 Å². The van der Waals surface area contributed by atoms with Crippen LogP contribution in [0, 0.1) is 6.92 Å². The van der Waals surface area contributed by atoms with Crippen molar-refractivity contribution in [3.05, 3.63) is 28.2 Å².